The van der Waals surface area contributed by atoms with Crippen molar-refractivity contribution in [2.24, 2.45) is 4.99 Å². The van der Waals surface area contributed by atoms with E-state index in [0.29, 0.717) is 0 Å². The van der Waals surface area contributed by atoms with Crippen molar-refractivity contribution in [2.75, 3.05) is 0 Å². The summed E-state index contributed by atoms with van der Waals surface area (Å²) < 4.78 is 0. The summed E-state index contributed by atoms with van der Waals surface area (Å²) in [5.74, 6) is -1.22. The number of nitrogens with zero attached hydrogens (tertiary/aromatic N) is 1. The number of aryl methyl sites for hydroxylation is 1. The van der Waals surface area contributed by atoms with E-state index in [1.54, 1.807) is 13.1 Å². The quantitative estimate of drug-likeness (QED) is 0.678. The van der Waals surface area contributed by atoms with Crippen molar-refractivity contribution in [3.8, 4) is 0 Å². The van der Waals surface area contributed by atoms with E-state index in [9.17, 15) is 4.79 Å². The Morgan fingerprint density at radius 2 is 1.85 bits per heavy atom. The maximum atomic E-state index is 11.2. The molecule has 3 heteroatoms. The largest absolute Gasteiger partial charge is 0.481 e. The Kier molecular flexibility index (Phi) is 6.51. The highest BCUT2D eigenvalue weighted by Gasteiger charge is 2.19. The number of carboxylic acid groups (broad SMARTS) is 1. The standard InChI is InChI=1S/C23H27NO2/c1-6-24-18(5)22(21-9-7-8-15(2)16(21)3)14-19-10-12-20(13-11-19)17(4)23(25)26/h6-13,17,22H,5,14H2,1-4H3,(H,25,26). The number of hydrogen-bond acceptors (Lipinski definition) is 2. The number of benzene rings is 2. The van der Waals surface area contributed by atoms with Crippen LogP contribution in [0.1, 0.15) is 53.5 Å². The van der Waals surface area contributed by atoms with Crippen LogP contribution in [0.3, 0.4) is 0 Å². The molecule has 0 aromatic heterocycles. The van der Waals surface area contributed by atoms with Crippen molar-refractivity contribution >= 4 is 12.2 Å². The summed E-state index contributed by atoms with van der Waals surface area (Å²) in [6.07, 6.45) is 2.56. The molecular formula is C23H27NO2. The molecule has 0 amide bonds. The second-order valence-electron chi connectivity index (χ2n) is 6.73. The van der Waals surface area contributed by atoms with Gasteiger partial charge in [0.25, 0.3) is 0 Å². The Hall–Kier alpha value is -2.68. The predicted molar refractivity (Wildman–Crippen MR) is 108 cm³/mol. The smallest absolute Gasteiger partial charge is 0.310 e. The Bertz CT molecular complexity index is 819. The van der Waals surface area contributed by atoms with Gasteiger partial charge in [-0.25, -0.2) is 0 Å². The molecule has 2 rings (SSSR count). The summed E-state index contributed by atoms with van der Waals surface area (Å²) in [6, 6.07) is 14.2. The first-order chi connectivity index (χ1) is 12.3. The summed E-state index contributed by atoms with van der Waals surface area (Å²) in [6.45, 7) is 12.0. The lowest BCUT2D eigenvalue weighted by molar-refractivity contribution is -0.138. The van der Waals surface area contributed by atoms with Gasteiger partial charge in [-0.05, 0) is 61.9 Å². The highest BCUT2D eigenvalue weighted by atomic mass is 16.4. The van der Waals surface area contributed by atoms with E-state index in [1.807, 2.05) is 31.2 Å². The van der Waals surface area contributed by atoms with E-state index in [4.69, 9.17) is 5.11 Å². The zero-order valence-corrected chi connectivity index (χ0v) is 16.0. The zero-order chi connectivity index (χ0) is 19.3. The molecule has 0 fully saturated rings. The van der Waals surface area contributed by atoms with Crippen molar-refractivity contribution in [2.45, 2.75) is 46.0 Å². The molecule has 1 N–H and O–H groups in total. The molecule has 2 unspecified atom stereocenters. The summed E-state index contributed by atoms with van der Waals surface area (Å²) in [5, 5.41) is 9.16. The van der Waals surface area contributed by atoms with Crippen LogP contribution in [-0.4, -0.2) is 17.3 Å². The molecule has 0 radical (unpaired) electrons. The van der Waals surface area contributed by atoms with E-state index in [0.717, 1.165) is 23.2 Å². The van der Waals surface area contributed by atoms with Crippen LogP contribution in [0.5, 0.6) is 0 Å². The molecule has 2 aromatic rings. The maximum absolute atomic E-state index is 11.2. The van der Waals surface area contributed by atoms with E-state index >= 15 is 0 Å². The molecule has 0 aliphatic carbocycles. The first kappa shape index (κ1) is 19.6. The van der Waals surface area contributed by atoms with E-state index in [1.165, 1.54) is 16.7 Å². The fourth-order valence-electron chi connectivity index (χ4n) is 3.14. The van der Waals surface area contributed by atoms with Gasteiger partial charge in [0, 0.05) is 17.8 Å². The minimum absolute atomic E-state index is 0.0915. The normalized spacial score (nSPS) is 13.5. The summed E-state index contributed by atoms with van der Waals surface area (Å²) in [4.78, 5) is 15.6. The monoisotopic (exact) mass is 349 g/mol. The zero-order valence-electron chi connectivity index (χ0n) is 16.0. The lowest BCUT2D eigenvalue weighted by Crippen LogP contribution is -2.09. The van der Waals surface area contributed by atoms with Crippen molar-refractivity contribution in [1.29, 1.82) is 0 Å². The molecule has 0 aliphatic rings. The Morgan fingerprint density at radius 3 is 2.42 bits per heavy atom. The summed E-state index contributed by atoms with van der Waals surface area (Å²) in [7, 11) is 0. The van der Waals surface area contributed by atoms with Gasteiger partial charge in [-0.2, -0.15) is 0 Å². The Balaban J connectivity index is 2.34. The van der Waals surface area contributed by atoms with Crippen LogP contribution >= 0.6 is 0 Å². The number of aliphatic imine (C=N–C) groups is 1. The summed E-state index contributed by atoms with van der Waals surface area (Å²) in [5.41, 5.74) is 6.56. The van der Waals surface area contributed by atoms with Crippen molar-refractivity contribution < 1.29 is 9.90 Å². The van der Waals surface area contributed by atoms with Crippen LogP contribution in [0, 0.1) is 13.8 Å². The third kappa shape index (κ3) is 4.48. The number of carboxylic acids is 1. The molecule has 3 nitrogen and oxygen atoms in total. The van der Waals surface area contributed by atoms with E-state index < -0.39 is 11.9 Å². The second-order valence-corrected chi connectivity index (χ2v) is 6.73. The third-order valence-corrected chi connectivity index (χ3v) is 5.01. The highest BCUT2D eigenvalue weighted by molar-refractivity contribution is 5.75. The first-order valence-corrected chi connectivity index (χ1v) is 8.90. The van der Waals surface area contributed by atoms with Gasteiger partial charge in [0.2, 0.25) is 0 Å². The number of rotatable bonds is 7. The lowest BCUT2D eigenvalue weighted by atomic mass is 9.85. The molecule has 0 spiro atoms. The van der Waals surface area contributed by atoms with Crippen molar-refractivity contribution in [3.05, 3.63) is 82.6 Å². The third-order valence-electron chi connectivity index (χ3n) is 5.01. The van der Waals surface area contributed by atoms with Gasteiger partial charge in [-0.15, -0.1) is 0 Å². The topological polar surface area (TPSA) is 49.7 Å². The molecule has 2 atom stereocenters. The minimum Gasteiger partial charge on any atom is -0.481 e. The van der Waals surface area contributed by atoms with Gasteiger partial charge in [-0.3, -0.25) is 9.79 Å². The van der Waals surface area contributed by atoms with Crippen LogP contribution in [0.4, 0.5) is 0 Å². The van der Waals surface area contributed by atoms with Gasteiger partial charge in [0.15, 0.2) is 0 Å². The van der Waals surface area contributed by atoms with Gasteiger partial charge >= 0.3 is 5.97 Å². The molecule has 0 aliphatic heterocycles. The van der Waals surface area contributed by atoms with Gasteiger partial charge in [0.05, 0.1) is 5.92 Å². The van der Waals surface area contributed by atoms with Crippen LogP contribution in [-0.2, 0) is 11.2 Å². The lowest BCUT2D eigenvalue weighted by Gasteiger charge is -2.21. The number of carbonyl (C=O) groups is 1. The maximum Gasteiger partial charge on any atom is 0.310 e. The fourth-order valence-corrected chi connectivity index (χ4v) is 3.14. The molecule has 0 heterocycles. The fraction of sp³-hybridized carbons (Fsp3) is 0.304. The Labute approximate surface area is 156 Å². The van der Waals surface area contributed by atoms with Gasteiger partial charge in [0.1, 0.15) is 0 Å². The molecule has 136 valence electrons. The average Bonchev–Trinajstić information content (AvgIpc) is 2.62. The van der Waals surface area contributed by atoms with Gasteiger partial charge < -0.3 is 5.11 Å². The molecular weight excluding hydrogens is 322 g/mol. The minimum atomic E-state index is -0.809. The number of hydrogen-bond donors (Lipinski definition) is 1. The summed E-state index contributed by atoms with van der Waals surface area (Å²) >= 11 is 0. The SMILES string of the molecule is C=C(N=CC)C(Cc1ccc(C(C)C(=O)O)cc1)c1cccc(C)c1C. The molecule has 0 saturated heterocycles. The highest BCUT2D eigenvalue weighted by Crippen LogP contribution is 2.32. The van der Waals surface area contributed by atoms with Crippen molar-refractivity contribution in [1.82, 2.24) is 0 Å². The number of allylic oxidation sites excluding steroid dienone is 1. The Morgan fingerprint density at radius 1 is 1.19 bits per heavy atom. The van der Waals surface area contributed by atoms with Crippen LogP contribution in [0.2, 0.25) is 0 Å². The molecule has 26 heavy (non-hydrogen) atoms. The van der Waals surface area contributed by atoms with Crippen LogP contribution in [0.15, 0.2) is 59.7 Å². The molecule has 0 bridgehead atoms. The first-order valence-electron chi connectivity index (χ1n) is 8.90. The molecule has 2 aromatic carbocycles. The van der Waals surface area contributed by atoms with Crippen LogP contribution in [0.25, 0.3) is 0 Å². The van der Waals surface area contributed by atoms with Gasteiger partial charge in [-0.1, -0.05) is 49.0 Å². The van der Waals surface area contributed by atoms with E-state index in [-0.39, 0.29) is 5.92 Å². The molecule has 0 saturated carbocycles. The van der Waals surface area contributed by atoms with E-state index in [2.05, 4.69) is 43.6 Å². The second kappa shape index (κ2) is 8.61. The van der Waals surface area contributed by atoms with Crippen molar-refractivity contribution in [3.63, 3.8) is 0 Å². The van der Waals surface area contributed by atoms with Crippen LogP contribution < -0.4 is 0 Å². The predicted octanol–water partition coefficient (Wildman–Crippen LogP) is 5.42. The average molecular weight is 349 g/mol. The number of aliphatic carboxylic acids is 1.